The van der Waals surface area contributed by atoms with Crippen LogP contribution in [-0.2, 0) is 49.6 Å². The maximum atomic E-state index is 14.1. The fourth-order valence-corrected chi connectivity index (χ4v) is 8.17. The summed E-state index contributed by atoms with van der Waals surface area (Å²) in [5.41, 5.74) is 28.4. The minimum atomic E-state index is -1.71. The Labute approximate surface area is 454 Å². The van der Waals surface area contributed by atoms with Gasteiger partial charge in [0.05, 0.1) is 6.10 Å². The first-order valence-corrected chi connectivity index (χ1v) is 26.3. The second-order valence-electron chi connectivity index (χ2n) is 18.8. The summed E-state index contributed by atoms with van der Waals surface area (Å²) in [6, 6.07) is 2.50. The molecule has 19 N–H and O–H groups in total. The van der Waals surface area contributed by atoms with E-state index in [0.29, 0.717) is 12.0 Å². The van der Waals surface area contributed by atoms with Crippen LogP contribution in [0.1, 0.15) is 85.6 Å². The van der Waals surface area contributed by atoms with Crippen LogP contribution in [0.15, 0.2) is 52.4 Å². The molecule has 0 aromatic heterocycles. The zero-order valence-corrected chi connectivity index (χ0v) is 45.8. The number of nitrogens with one attached hydrogen (secondary N) is 8. The minimum Gasteiger partial charge on any atom is -0.391 e. The lowest BCUT2D eigenvalue weighted by molar-refractivity contribution is -0.137. The van der Waals surface area contributed by atoms with E-state index in [0.717, 1.165) is 10.8 Å². The van der Waals surface area contributed by atoms with Crippen LogP contribution in [-0.4, -0.2) is 149 Å². The number of nitrogens with zero attached hydrogens (tertiary/aromatic N) is 2. The van der Waals surface area contributed by atoms with Gasteiger partial charge in [-0.15, -0.1) is 0 Å². The van der Waals surface area contributed by atoms with Crippen molar-refractivity contribution >= 4 is 101 Å². The van der Waals surface area contributed by atoms with Gasteiger partial charge in [0, 0.05) is 37.9 Å². The van der Waals surface area contributed by atoms with Crippen LogP contribution in [0, 0.1) is 11.8 Å². The third-order valence-corrected chi connectivity index (χ3v) is 12.7. The van der Waals surface area contributed by atoms with Gasteiger partial charge >= 0.3 is 0 Å². The zero-order valence-electron chi connectivity index (χ0n) is 44.0. The summed E-state index contributed by atoms with van der Waals surface area (Å²) >= 11 is 8.43. The molecule has 0 aliphatic carbocycles. The highest BCUT2D eigenvalue weighted by molar-refractivity contribution is 7.80. The van der Waals surface area contributed by atoms with E-state index in [2.05, 4.69) is 77.8 Å². The Kier molecular flexibility index (Phi) is 28.5. The van der Waals surface area contributed by atoms with Gasteiger partial charge < -0.3 is 76.3 Å². The molecule has 27 heteroatoms. The van der Waals surface area contributed by atoms with Crippen molar-refractivity contribution in [2.75, 3.05) is 24.6 Å². The van der Waals surface area contributed by atoms with E-state index in [9.17, 15) is 48.3 Å². The van der Waals surface area contributed by atoms with Gasteiger partial charge in [0.1, 0.15) is 48.3 Å². The van der Waals surface area contributed by atoms with Gasteiger partial charge in [-0.05, 0) is 67.2 Å². The smallest absolute Gasteiger partial charge is 0.245 e. The summed E-state index contributed by atoms with van der Waals surface area (Å²) in [4.78, 5) is 129. The van der Waals surface area contributed by atoms with Crippen LogP contribution in [0.2, 0.25) is 0 Å². The molecular weight excluding hydrogens is 1020 g/mol. The van der Waals surface area contributed by atoms with Gasteiger partial charge in [0.25, 0.3) is 0 Å². The molecule has 10 atom stereocenters. The topological polar surface area (TPSA) is 425 Å². The first-order chi connectivity index (χ1) is 35.8. The first kappa shape index (κ1) is 65.2. The first-order valence-electron chi connectivity index (χ1n) is 25.0. The summed E-state index contributed by atoms with van der Waals surface area (Å²) in [7, 11) is 0. The number of guanidine groups is 2. The van der Waals surface area contributed by atoms with E-state index in [-0.39, 0.29) is 81.0 Å². The minimum absolute atomic E-state index is 0.00984. The fraction of sp³-hybridized carbons (Fsp3) is 0.571. The van der Waals surface area contributed by atoms with E-state index in [1.165, 1.54) is 13.8 Å². The van der Waals surface area contributed by atoms with E-state index in [4.69, 9.17) is 28.7 Å². The number of carbonyl (C=O) groups excluding carboxylic acids is 9. The van der Waals surface area contributed by atoms with Crippen molar-refractivity contribution in [3.05, 3.63) is 48.0 Å². The molecule has 9 amide bonds. The number of amides is 9. The van der Waals surface area contributed by atoms with Gasteiger partial charge in [0.2, 0.25) is 53.2 Å². The number of primary amides is 1. The summed E-state index contributed by atoms with van der Waals surface area (Å²) in [6.07, 6.45) is -0.923. The molecule has 0 heterocycles. The van der Waals surface area contributed by atoms with Gasteiger partial charge in [-0.3, -0.25) is 53.1 Å². The van der Waals surface area contributed by atoms with Crippen molar-refractivity contribution in [1.82, 2.24) is 42.5 Å². The molecule has 0 fully saturated rings. The number of aliphatic hydroxyl groups is 1. The van der Waals surface area contributed by atoms with E-state index in [1.54, 1.807) is 19.9 Å². The molecule has 2 aromatic carbocycles. The molecule has 0 spiro atoms. The number of aliphatic hydroxyl groups excluding tert-OH is 1. The van der Waals surface area contributed by atoms with Crippen molar-refractivity contribution in [3.63, 3.8) is 0 Å². The number of carbonyl (C=O) groups is 9. The van der Waals surface area contributed by atoms with E-state index in [1.807, 2.05) is 50.2 Å². The summed E-state index contributed by atoms with van der Waals surface area (Å²) < 4.78 is 0. The lowest BCUT2D eigenvalue weighted by atomic mass is 9.96. The Bertz CT molecular complexity index is 2370. The van der Waals surface area contributed by atoms with Crippen molar-refractivity contribution in [1.29, 1.82) is 0 Å². The second kappa shape index (κ2) is 33.2. The quantitative estimate of drug-likeness (QED) is 0.0149. The van der Waals surface area contributed by atoms with Crippen LogP contribution in [0.4, 0.5) is 0 Å². The number of hydrogen-bond donors (Lipinski definition) is 16. The largest absolute Gasteiger partial charge is 0.391 e. The lowest BCUT2D eigenvalue weighted by Crippen LogP contribution is -2.63. The molecule has 422 valence electrons. The monoisotopic (exact) mass is 1100 g/mol. The Hall–Kier alpha value is -6.87. The molecule has 2 aromatic rings. The molecule has 25 nitrogen and oxygen atoms in total. The second-order valence-corrected chi connectivity index (χ2v) is 19.6. The fourth-order valence-electron chi connectivity index (χ4n) is 7.66. The van der Waals surface area contributed by atoms with Gasteiger partial charge in [-0.1, -0.05) is 76.6 Å². The van der Waals surface area contributed by atoms with Gasteiger partial charge in [0.15, 0.2) is 11.9 Å². The molecule has 2 rings (SSSR count). The average molecular weight is 1100 g/mol. The SMILES string of the molecule is CC[C@H](C)[C@H](NC(=O)[C@H](CC(C)C)NC(=O)[C@@H](CS)NC(C)=O)C(=O)N[C@H](C(=O)N[C@@H](CCCN=C(N)N)C(=O)N[C@@H](CS)C(=O)N[C@@H](CCCN=C(N)N)C(=O)N[C@@H](Cc1ccc2ccccc2c1)C(N)=O)[C@@H](C)O. The number of aliphatic imine (C=N–C) groups is 2. The van der Waals surface area contributed by atoms with E-state index >= 15 is 0 Å². The lowest BCUT2D eigenvalue weighted by Gasteiger charge is -2.30. The predicted molar refractivity (Wildman–Crippen MR) is 296 cm³/mol. The van der Waals surface area contributed by atoms with Crippen LogP contribution >= 0.6 is 25.3 Å². The van der Waals surface area contributed by atoms with Crippen molar-refractivity contribution in [3.8, 4) is 0 Å². The standard InChI is InChI=1S/C49H79N15O10S2/c1-7-26(4)38(63-43(70)35(20-25(2)3)61-44(71)36(23-75)57-28(6)66)46(73)64-39(27(5)65)47(74)59-33(15-11-19-56-49(53)54)42(69)62-37(24-76)45(72)58-32(14-10-18-55-48(51)52)41(68)60-34(40(50)67)22-29-16-17-30-12-8-9-13-31(30)21-29/h8-9,12-13,16-17,21,25-27,32-39,65,75-76H,7,10-11,14-15,18-20,22-24H2,1-6H3,(H2,50,67)(H,57,66)(H,58,72)(H,59,74)(H,60,68)(H,61,71)(H,62,69)(H,63,70)(H,64,73)(H4,51,52,55)(H4,53,54,56)/t26-,27+,32-,33-,34-,35-,36+,37-,38-,39-/m0/s1. The highest BCUT2D eigenvalue weighted by Crippen LogP contribution is 2.18. The number of benzene rings is 2. The third kappa shape index (κ3) is 22.9. The van der Waals surface area contributed by atoms with Crippen LogP contribution in [0.25, 0.3) is 10.8 Å². The summed E-state index contributed by atoms with van der Waals surface area (Å²) in [6.45, 7) is 9.60. The number of thiol groups is 2. The molecule has 0 radical (unpaired) electrons. The molecular formula is C49H79N15O10S2. The van der Waals surface area contributed by atoms with Crippen molar-refractivity contribution in [2.24, 2.45) is 50.5 Å². The number of hydrogen-bond acceptors (Lipinski definition) is 14. The highest BCUT2D eigenvalue weighted by atomic mass is 32.1. The molecule has 0 aliphatic rings. The molecule has 0 aliphatic heterocycles. The summed E-state index contributed by atoms with van der Waals surface area (Å²) in [5.74, 6) is -8.69. The van der Waals surface area contributed by atoms with Crippen LogP contribution < -0.4 is 71.2 Å². The maximum absolute atomic E-state index is 14.1. The zero-order chi connectivity index (χ0) is 57.2. The molecule has 0 bridgehead atoms. The molecule has 0 saturated carbocycles. The van der Waals surface area contributed by atoms with Gasteiger partial charge in [-0.25, -0.2) is 0 Å². The normalized spacial score (nSPS) is 15.0. The Balaban J connectivity index is 2.38. The van der Waals surface area contributed by atoms with E-state index < -0.39 is 114 Å². The van der Waals surface area contributed by atoms with Crippen LogP contribution in [0.5, 0.6) is 0 Å². The van der Waals surface area contributed by atoms with Gasteiger partial charge in [-0.2, -0.15) is 25.3 Å². The molecule has 0 saturated heterocycles. The van der Waals surface area contributed by atoms with Crippen molar-refractivity contribution in [2.45, 2.75) is 141 Å². The Morgan fingerprint density at radius 2 is 0.987 bits per heavy atom. The Morgan fingerprint density at radius 1 is 0.553 bits per heavy atom. The highest BCUT2D eigenvalue weighted by Gasteiger charge is 2.37. The molecule has 0 unspecified atom stereocenters. The number of rotatable bonds is 33. The average Bonchev–Trinajstić information content (AvgIpc) is 3.35. The predicted octanol–water partition coefficient (Wildman–Crippen LogP) is -2.79. The molecule has 76 heavy (non-hydrogen) atoms. The maximum Gasteiger partial charge on any atom is 0.245 e. The Morgan fingerprint density at radius 3 is 1.46 bits per heavy atom. The third-order valence-electron chi connectivity index (χ3n) is 12.0. The van der Waals surface area contributed by atoms with Crippen LogP contribution in [0.3, 0.4) is 0 Å². The number of nitrogens with two attached hydrogens (primary N) is 5. The summed E-state index contributed by atoms with van der Waals surface area (Å²) in [5, 5.41) is 33.3. The van der Waals surface area contributed by atoms with Crippen molar-refractivity contribution < 1.29 is 48.3 Å². The number of fused-ring (bicyclic) bond motifs is 1.